The molecular weight excluding hydrogens is 312 g/mol. The molecular formula is C13H17BrN2O3. The molecule has 1 rings (SSSR count). The Morgan fingerprint density at radius 3 is 2.58 bits per heavy atom. The number of carbonyl (C=O) groups excluding carboxylic acids is 1. The van der Waals surface area contributed by atoms with Crippen LogP contribution in [-0.2, 0) is 0 Å². The lowest BCUT2D eigenvalue weighted by atomic mass is 10.1. The third-order valence-corrected chi connectivity index (χ3v) is 3.01. The highest BCUT2D eigenvalue weighted by atomic mass is 79.9. The number of nitro benzene ring substituents is 1. The Balaban J connectivity index is 3.06. The van der Waals surface area contributed by atoms with E-state index in [-0.39, 0.29) is 11.6 Å². The van der Waals surface area contributed by atoms with E-state index in [9.17, 15) is 14.9 Å². The van der Waals surface area contributed by atoms with Crippen molar-refractivity contribution < 1.29 is 9.72 Å². The number of aryl methyl sites for hydroxylation is 1. The number of alkyl halides is 1. The number of nitro groups is 1. The molecule has 0 radical (unpaired) electrons. The molecule has 0 heterocycles. The lowest BCUT2D eigenvalue weighted by molar-refractivity contribution is -0.384. The highest BCUT2D eigenvalue weighted by Gasteiger charge is 2.18. The Labute approximate surface area is 120 Å². The van der Waals surface area contributed by atoms with E-state index < -0.39 is 4.92 Å². The van der Waals surface area contributed by atoms with Gasteiger partial charge >= 0.3 is 0 Å². The molecule has 0 aromatic heterocycles. The van der Waals surface area contributed by atoms with Gasteiger partial charge in [-0.25, -0.2) is 0 Å². The fraction of sp³-hybridized carbons (Fsp3) is 0.462. The molecule has 19 heavy (non-hydrogen) atoms. The average molecular weight is 329 g/mol. The molecule has 0 N–H and O–H groups in total. The van der Waals surface area contributed by atoms with Gasteiger partial charge in [0.05, 0.1) is 4.92 Å². The predicted octanol–water partition coefficient (Wildman–Crippen LogP) is 3.15. The van der Waals surface area contributed by atoms with Gasteiger partial charge in [0.2, 0.25) is 0 Å². The third-order valence-electron chi connectivity index (χ3n) is 2.66. The molecule has 1 aromatic carbocycles. The minimum Gasteiger partial charge on any atom is -0.338 e. The molecule has 0 saturated heterocycles. The predicted molar refractivity (Wildman–Crippen MR) is 77.8 cm³/mol. The Hall–Kier alpha value is -1.43. The molecule has 0 aliphatic carbocycles. The van der Waals surface area contributed by atoms with Gasteiger partial charge in [-0.15, -0.1) is 0 Å². The standard InChI is InChI=1S/C13H17BrN2O3/c1-3-5-15(6-4-14)13(17)11-7-10(2)8-12(9-11)16(18)19/h7-9H,3-6H2,1-2H3. The van der Waals surface area contributed by atoms with E-state index in [1.54, 1.807) is 17.9 Å². The number of non-ortho nitro benzene ring substituents is 1. The second kappa shape index (κ2) is 7.23. The zero-order valence-electron chi connectivity index (χ0n) is 11.1. The van der Waals surface area contributed by atoms with E-state index >= 15 is 0 Å². The first-order valence-electron chi connectivity index (χ1n) is 6.11. The van der Waals surface area contributed by atoms with Crippen molar-refractivity contribution in [2.24, 2.45) is 0 Å². The van der Waals surface area contributed by atoms with Crippen molar-refractivity contribution in [3.8, 4) is 0 Å². The topological polar surface area (TPSA) is 63.5 Å². The van der Waals surface area contributed by atoms with Gasteiger partial charge in [-0.05, 0) is 25.0 Å². The summed E-state index contributed by atoms with van der Waals surface area (Å²) in [7, 11) is 0. The molecule has 0 aliphatic rings. The summed E-state index contributed by atoms with van der Waals surface area (Å²) in [4.78, 5) is 24.4. The Bertz CT molecular complexity index is 471. The van der Waals surface area contributed by atoms with Crippen molar-refractivity contribution in [1.29, 1.82) is 0 Å². The number of hydrogen-bond acceptors (Lipinski definition) is 3. The molecule has 1 aromatic rings. The monoisotopic (exact) mass is 328 g/mol. The first-order chi connectivity index (χ1) is 8.99. The Morgan fingerprint density at radius 2 is 2.05 bits per heavy atom. The van der Waals surface area contributed by atoms with Crippen LogP contribution in [0.15, 0.2) is 18.2 Å². The van der Waals surface area contributed by atoms with E-state index in [1.165, 1.54) is 12.1 Å². The van der Waals surface area contributed by atoms with Gasteiger partial charge in [-0.1, -0.05) is 22.9 Å². The zero-order chi connectivity index (χ0) is 14.4. The summed E-state index contributed by atoms with van der Waals surface area (Å²) in [6.45, 7) is 4.98. The fourth-order valence-corrected chi connectivity index (χ4v) is 2.29. The number of amides is 1. The Kier molecular flexibility index (Phi) is 5.95. The molecule has 0 saturated carbocycles. The summed E-state index contributed by atoms with van der Waals surface area (Å²) in [6, 6.07) is 4.49. The zero-order valence-corrected chi connectivity index (χ0v) is 12.6. The Morgan fingerprint density at radius 1 is 1.37 bits per heavy atom. The normalized spacial score (nSPS) is 10.3. The number of nitrogens with zero attached hydrogens (tertiary/aromatic N) is 2. The fourth-order valence-electron chi connectivity index (χ4n) is 1.86. The lowest BCUT2D eigenvalue weighted by Crippen LogP contribution is -2.33. The van der Waals surface area contributed by atoms with Crippen LogP contribution in [0.2, 0.25) is 0 Å². The molecule has 0 atom stereocenters. The average Bonchev–Trinajstić information content (AvgIpc) is 2.37. The van der Waals surface area contributed by atoms with Crippen molar-refractivity contribution in [2.45, 2.75) is 20.3 Å². The molecule has 0 bridgehead atoms. The summed E-state index contributed by atoms with van der Waals surface area (Å²) in [5.41, 5.74) is 1.05. The van der Waals surface area contributed by atoms with Gasteiger partial charge in [-0.2, -0.15) is 0 Å². The third kappa shape index (κ3) is 4.31. The van der Waals surface area contributed by atoms with Crippen LogP contribution in [-0.4, -0.2) is 34.2 Å². The van der Waals surface area contributed by atoms with Crippen LogP contribution in [0.1, 0.15) is 29.3 Å². The van der Waals surface area contributed by atoms with Crippen molar-refractivity contribution in [3.63, 3.8) is 0 Å². The SMILES string of the molecule is CCCN(CCBr)C(=O)c1cc(C)cc([N+](=O)[O-])c1. The largest absolute Gasteiger partial charge is 0.338 e. The highest BCUT2D eigenvalue weighted by Crippen LogP contribution is 2.18. The molecule has 0 spiro atoms. The van der Waals surface area contributed by atoms with Crippen molar-refractivity contribution >= 4 is 27.5 Å². The maximum absolute atomic E-state index is 12.3. The first kappa shape index (κ1) is 15.6. The summed E-state index contributed by atoms with van der Waals surface area (Å²) in [6.07, 6.45) is 0.854. The maximum Gasteiger partial charge on any atom is 0.270 e. The second-order valence-electron chi connectivity index (χ2n) is 4.30. The van der Waals surface area contributed by atoms with Crippen molar-refractivity contribution in [2.75, 3.05) is 18.4 Å². The minimum atomic E-state index is -0.474. The molecule has 0 aliphatic heterocycles. The van der Waals surface area contributed by atoms with Gasteiger partial charge in [0.25, 0.3) is 11.6 Å². The van der Waals surface area contributed by atoms with Crippen LogP contribution in [0.4, 0.5) is 5.69 Å². The van der Waals surface area contributed by atoms with Gasteiger partial charge in [0.15, 0.2) is 0 Å². The molecule has 5 nitrogen and oxygen atoms in total. The quantitative estimate of drug-likeness (QED) is 0.457. The van der Waals surface area contributed by atoms with E-state index in [4.69, 9.17) is 0 Å². The first-order valence-corrected chi connectivity index (χ1v) is 7.23. The lowest BCUT2D eigenvalue weighted by Gasteiger charge is -2.21. The van der Waals surface area contributed by atoms with Gasteiger partial charge < -0.3 is 4.90 Å². The van der Waals surface area contributed by atoms with E-state index in [2.05, 4.69) is 15.9 Å². The van der Waals surface area contributed by atoms with Crippen LogP contribution in [0.3, 0.4) is 0 Å². The smallest absolute Gasteiger partial charge is 0.270 e. The van der Waals surface area contributed by atoms with Crippen molar-refractivity contribution in [1.82, 2.24) is 4.90 Å². The summed E-state index contributed by atoms with van der Waals surface area (Å²) < 4.78 is 0. The van der Waals surface area contributed by atoms with E-state index in [0.29, 0.717) is 29.5 Å². The summed E-state index contributed by atoms with van der Waals surface area (Å²) >= 11 is 3.31. The van der Waals surface area contributed by atoms with Crippen LogP contribution in [0.5, 0.6) is 0 Å². The molecule has 1 amide bonds. The minimum absolute atomic E-state index is 0.0429. The molecule has 0 unspecified atom stereocenters. The van der Waals surface area contributed by atoms with Gasteiger partial charge in [-0.3, -0.25) is 14.9 Å². The summed E-state index contributed by atoms with van der Waals surface area (Å²) in [5.74, 6) is -0.159. The van der Waals surface area contributed by atoms with Crippen LogP contribution in [0.25, 0.3) is 0 Å². The molecule has 0 fully saturated rings. The molecule has 104 valence electrons. The van der Waals surface area contributed by atoms with Crippen LogP contribution >= 0.6 is 15.9 Å². The number of halogens is 1. The maximum atomic E-state index is 12.3. The molecule has 6 heteroatoms. The van der Waals surface area contributed by atoms with Crippen LogP contribution < -0.4 is 0 Å². The summed E-state index contributed by atoms with van der Waals surface area (Å²) in [5, 5.41) is 11.5. The van der Waals surface area contributed by atoms with Gasteiger partial charge in [0.1, 0.15) is 0 Å². The highest BCUT2D eigenvalue weighted by molar-refractivity contribution is 9.09. The number of hydrogen-bond donors (Lipinski definition) is 0. The number of carbonyl (C=O) groups is 1. The second-order valence-corrected chi connectivity index (χ2v) is 5.09. The van der Waals surface area contributed by atoms with Gasteiger partial charge in [0, 0.05) is 36.1 Å². The number of rotatable bonds is 6. The number of benzene rings is 1. The van der Waals surface area contributed by atoms with Crippen LogP contribution in [0, 0.1) is 17.0 Å². The van der Waals surface area contributed by atoms with E-state index in [0.717, 1.165) is 6.42 Å². The van der Waals surface area contributed by atoms with E-state index in [1.807, 2.05) is 6.92 Å². The van der Waals surface area contributed by atoms with Crippen molar-refractivity contribution in [3.05, 3.63) is 39.4 Å².